The second-order valence-electron chi connectivity index (χ2n) is 14.4. The predicted octanol–water partition coefficient (Wildman–Crippen LogP) is 5.36. The number of aliphatic hydroxyl groups excluding tert-OH is 1. The van der Waals surface area contributed by atoms with E-state index in [-0.39, 0.29) is 11.3 Å². The number of hydrogen-bond donors (Lipinski definition) is 4. The van der Waals surface area contributed by atoms with Gasteiger partial charge in [0.2, 0.25) is 0 Å². The highest BCUT2D eigenvalue weighted by Crippen LogP contribution is 2.66. The van der Waals surface area contributed by atoms with Crippen LogP contribution in [0.1, 0.15) is 83.6 Å². The van der Waals surface area contributed by atoms with Gasteiger partial charge >= 0.3 is 17.9 Å². The van der Waals surface area contributed by atoms with Crippen LogP contribution in [0.15, 0.2) is 42.3 Å². The molecule has 4 aliphatic carbocycles. The van der Waals surface area contributed by atoms with Gasteiger partial charge in [0.15, 0.2) is 6.10 Å². The topological polar surface area (TPSA) is 148 Å². The standard InChI is InChI=1S/C31H42N2O2.C4H6O5/c1-30-13-10-20(28-18-21(29(34)35)12-16-33(28)3)17-23(30)6-7-24-26-9-8-25(22-5-4-15-32-19-22)31(26,2)14-11-27(24)30;5-2(4(8)9)1-3(6)7/h4-6,8,15,19-21,24,26-28H,7,9-14,16-18H2,1-3H3,(H,34,35);2,5H,1H2,(H,6,7)(H,8,9)/t20-,21?,24-,26-,27-,28?,30-,31+;/m0./s1. The molecule has 4 N–H and O–H groups in total. The number of piperidine rings is 1. The Kier molecular flexibility index (Phi) is 9.38. The van der Waals surface area contributed by atoms with Crippen molar-refractivity contribution >= 4 is 23.5 Å². The average Bonchev–Trinajstić information content (AvgIpc) is 3.34. The summed E-state index contributed by atoms with van der Waals surface area (Å²) in [5.41, 5.74) is 5.19. The highest BCUT2D eigenvalue weighted by molar-refractivity contribution is 5.79. The maximum absolute atomic E-state index is 11.7. The molecule has 3 fully saturated rings. The lowest BCUT2D eigenvalue weighted by Crippen LogP contribution is -2.52. The van der Waals surface area contributed by atoms with E-state index < -0.39 is 30.4 Å². The first-order valence-electron chi connectivity index (χ1n) is 16.2. The van der Waals surface area contributed by atoms with Crippen molar-refractivity contribution in [3.63, 3.8) is 0 Å². The predicted molar refractivity (Wildman–Crippen MR) is 165 cm³/mol. The first kappa shape index (κ1) is 32.4. The lowest BCUT2D eigenvalue weighted by Gasteiger charge is -2.58. The van der Waals surface area contributed by atoms with Gasteiger partial charge in [-0.1, -0.05) is 37.6 Å². The minimum absolute atomic E-state index is 0.158. The van der Waals surface area contributed by atoms with Crippen molar-refractivity contribution in [1.82, 2.24) is 9.88 Å². The second-order valence-corrected chi connectivity index (χ2v) is 14.4. The van der Waals surface area contributed by atoms with E-state index in [4.69, 9.17) is 15.3 Å². The van der Waals surface area contributed by atoms with Crippen LogP contribution in [0.4, 0.5) is 0 Å². The van der Waals surface area contributed by atoms with Crippen LogP contribution in [-0.4, -0.2) is 74.0 Å². The summed E-state index contributed by atoms with van der Waals surface area (Å²) in [6.45, 7) is 6.05. The smallest absolute Gasteiger partial charge is 0.333 e. The van der Waals surface area contributed by atoms with E-state index in [2.05, 4.69) is 61.3 Å². The van der Waals surface area contributed by atoms with Crippen LogP contribution in [0.25, 0.3) is 5.57 Å². The molecule has 3 unspecified atom stereocenters. The van der Waals surface area contributed by atoms with Gasteiger partial charge in [0, 0.05) is 18.4 Å². The number of aliphatic hydroxyl groups is 1. The Hall–Kier alpha value is -3.04. The van der Waals surface area contributed by atoms with Gasteiger partial charge in [-0.05, 0) is 123 Å². The van der Waals surface area contributed by atoms with Crippen LogP contribution >= 0.6 is 0 Å². The summed E-state index contributed by atoms with van der Waals surface area (Å²) in [6.07, 6.45) is 17.0. The van der Waals surface area contributed by atoms with E-state index in [1.807, 2.05) is 6.20 Å². The van der Waals surface area contributed by atoms with Gasteiger partial charge < -0.3 is 25.3 Å². The van der Waals surface area contributed by atoms with Gasteiger partial charge in [-0.2, -0.15) is 0 Å². The first-order chi connectivity index (χ1) is 20.8. The summed E-state index contributed by atoms with van der Waals surface area (Å²) in [5.74, 6) is -0.681. The summed E-state index contributed by atoms with van der Waals surface area (Å²) in [7, 11) is 2.22. The van der Waals surface area contributed by atoms with Crippen LogP contribution in [0.2, 0.25) is 0 Å². The maximum Gasteiger partial charge on any atom is 0.333 e. The Bertz CT molecular complexity index is 1310. The lowest BCUT2D eigenvalue weighted by atomic mass is 9.46. The normalized spacial score (nSPS) is 37.1. The Labute approximate surface area is 260 Å². The number of likely N-dealkylation sites (tertiary alicyclic amines) is 1. The SMILES string of the molecule is CN1CCC(C(=O)O)CC1[C@H]1CC[C@@]2(C)C(=CC[C@@H]3[C@@H]2CC[C@]2(C)C(c4cccnc4)=CC[C@@H]32)C1.O=C(O)CC(O)C(=O)O. The van der Waals surface area contributed by atoms with Crippen molar-refractivity contribution in [2.24, 2.45) is 40.4 Å². The van der Waals surface area contributed by atoms with Crippen LogP contribution in [0.5, 0.6) is 0 Å². The fourth-order valence-corrected chi connectivity index (χ4v) is 9.70. The molecule has 5 aliphatic rings. The molecule has 9 atom stereocenters. The Morgan fingerprint density at radius 1 is 1.02 bits per heavy atom. The monoisotopic (exact) mass is 608 g/mol. The molecule has 1 aromatic heterocycles. The van der Waals surface area contributed by atoms with E-state index in [1.165, 1.54) is 50.5 Å². The van der Waals surface area contributed by atoms with Crippen molar-refractivity contribution in [1.29, 1.82) is 0 Å². The molecule has 240 valence electrons. The molecule has 0 spiro atoms. The van der Waals surface area contributed by atoms with Gasteiger partial charge in [0.25, 0.3) is 0 Å². The minimum Gasteiger partial charge on any atom is -0.481 e. The zero-order valence-electron chi connectivity index (χ0n) is 26.2. The largest absolute Gasteiger partial charge is 0.481 e. The lowest BCUT2D eigenvalue weighted by molar-refractivity contribution is -0.152. The van der Waals surface area contributed by atoms with E-state index in [0.29, 0.717) is 17.4 Å². The summed E-state index contributed by atoms with van der Waals surface area (Å²) in [6, 6.07) is 4.75. The maximum atomic E-state index is 11.7. The van der Waals surface area contributed by atoms with E-state index in [1.54, 1.807) is 11.1 Å². The van der Waals surface area contributed by atoms with Crippen LogP contribution in [0.3, 0.4) is 0 Å². The van der Waals surface area contributed by atoms with Gasteiger partial charge in [0.1, 0.15) is 0 Å². The molecule has 2 saturated carbocycles. The summed E-state index contributed by atoms with van der Waals surface area (Å²) in [5, 5.41) is 33.8. The second kappa shape index (κ2) is 12.8. The highest BCUT2D eigenvalue weighted by Gasteiger charge is 2.57. The highest BCUT2D eigenvalue weighted by atomic mass is 16.4. The number of nitrogens with zero attached hydrogens (tertiary/aromatic N) is 2. The Morgan fingerprint density at radius 3 is 2.41 bits per heavy atom. The third-order valence-electron chi connectivity index (χ3n) is 12.2. The third kappa shape index (κ3) is 6.10. The molecule has 0 radical (unpaired) electrons. The number of fused-ring (bicyclic) bond motifs is 5. The van der Waals surface area contributed by atoms with Gasteiger partial charge in [0.05, 0.1) is 12.3 Å². The molecule has 1 aromatic rings. The molecule has 2 heterocycles. The quantitative estimate of drug-likeness (QED) is 0.313. The van der Waals surface area contributed by atoms with E-state index in [0.717, 1.165) is 37.1 Å². The number of rotatable bonds is 6. The van der Waals surface area contributed by atoms with Crippen molar-refractivity contribution in [3.05, 3.63) is 47.8 Å². The van der Waals surface area contributed by atoms with Gasteiger partial charge in [-0.15, -0.1) is 0 Å². The number of pyridine rings is 1. The fraction of sp³-hybridized carbons (Fsp3) is 0.657. The summed E-state index contributed by atoms with van der Waals surface area (Å²) >= 11 is 0. The molecule has 9 nitrogen and oxygen atoms in total. The number of aromatic nitrogens is 1. The van der Waals surface area contributed by atoms with Crippen molar-refractivity contribution < 1.29 is 34.8 Å². The van der Waals surface area contributed by atoms with Crippen LogP contribution in [0, 0.1) is 40.4 Å². The van der Waals surface area contributed by atoms with Gasteiger partial charge in [-0.3, -0.25) is 14.6 Å². The van der Waals surface area contributed by atoms with E-state index in [9.17, 15) is 19.5 Å². The zero-order chi connectivity index (χ0) is 31.8. The molecule has 1 saturated heterocycles. The number of aliphatic carboxylic acids is 3. The summed E-state index contributed by atoms with van der Waals surface area (Å²) in [4.78, 5) is 38.0. The van der Waals surface area contributed by atoms with Crippen LogP contribution < -0.4 is 0 Å². The molecule has 6 rings (SSSR count). The number of carboxylic acid groups (broad SMARTS) is 3. The molecule has 0 bridgehead atoms. The number of allylic oxidation sites excluding steroid dienone is 4. The zero-order valence-corrected chi connectivity index (χ0v) is 26.2. The summed E-state index contributed by atoms with van der Waals surface area (Å²) < 4.78 is 0. The molecular formula is C35H48N2O7. The van der Waals surface area contributed by atoms with Crippen LogP contribution in [-0.2, 0) is 14.4 Å². The van der Waals surface area contributed by atoms with E-state index >= 15 is 0 Å². The molecule has 9 heteroatoms. The number of carboxylic acids is 3. The van der Waals surface area contributed by atoms with Crippen molar-refractivity contribution in [2.45, 2.75) is 90.2 Å². The third-order valence-corrected chi connectivity index (χ3v) is 12.2. The fourth-order valence-electron chi connectivity index (χ4n) is 9.70. The molecule has 44 heavy (non-hydrogen) atoms. The Balaban J connectivity index is 0.000000374. The first-order valence-corrected chi connectivity index (χ1v) is 16.2. The number of hydrogen-bond acceptors (Lipinski definition) is 6. The van der Waals surface area contributed by atoms with Crippen molar-refractivity contribution in [2.75, 3.05) is 13.6 Å². The van der Waals surface area contributed by atoms with Gasteiger partial charge in [-0.25, -0.2) is 4.79 Å². The molecule has 1 aliphatic heterocycles. The molecular weight excluding hydrogens is 560 g/mol. The van der Waals surface area contributed by atoms with Crippen molar-refractivity contribution in [3.8, 4) is 0 Å². The molecule has 0 aromatic carbocycles. The number of carbonyl (C=O) groups is 3. The molecule has 0 amide bonds. The minimum atomic E-state index is -1.79. The average molecular weight is 609 g/mol. The Morgan fingerprint density at radius 2 is 1.77 bits per heavy atom.